The van der Waals surface area contributed by atoms with Gasteiger partial charge in [-0.05, 0) is 12.0 Å². The Balaban J connectivity index is 3.00. The predicted octanol–water partition coefficient (Wildman–Crippen LogP) is 2.52. The normalized spacial score (nSPS) is 13.6. The van der Waals surface area contributed by atoms with E-state index in [-0.39, 0.29) is 18.6 Å². The Kier molecular flexibility index (Phi) is 9.58. The first-order valence-corrected chi connectivity index (χ1v) is 13.5. The van der Waals surface area contributed by atoms with Crippen LogP contribution in [-0.4, -0.2) is 54.3 Å². The molecule has 0 N–H and O–H groups in total. The number of carbonyl (C=O) groups is 1. The van der Waals surface area contributed by atoms with Crippen molar-refractivity contribution >= 4 is 31.9 Å². The SMILES string of the molecule is CCCCOC(=O)C(C(OCc1ccccc1)=[N+](S(=O)(=O)C(F)(F)F)S(=O)(=O)C(F)(F)F)n1cc[n+](C)c1. The molecule has 0 saturated carbocycles. The molecule has 0 aliphatic rings. The predicted molar refractivity (Wildman–Crippen MR) is 117 cm³/mol. The molecule has 1 atom stereocenters. The van der Waals surface area contributed by atoms with E-state index >= 15 is 0 Å². The molecule has 0 saturated heterocycles. The zero-order valence-corrected chi connectivity index (χ0v) is 21.4. The van der Waals surface area contributed by atoms with Crippen LogP contribution in [0, 0.1) is 0 Å². The number of halogens is 6. The molecule has 2 aromatic rings. The lowest BCUT2D eigenvalue weighted by Crippen LogP contribution is -2.49. The highest BCUT2D eigenvalue weighted by Gasteiger charge is 2.70. The molecule has 18 heteroatoms. The van der Waals surface area contributed by atoms with Gasteiger partial charge in [-0.3, -0.25) is 0 Å². The third-order valence-electron chi connectivity index (χ3n) is 4.72. The number of ether oxygens (including phenoxy) is 2. The summed E-state index contributed by atoms with van der Waals surface area (Å²) in [4.78, 5) is 13.0. The second-order valence-corrected chi connectivity index (χ2v) is 11.4. The van der Waals surface area contributed by atoms with E-state index in [1.54, 1.807) is 6.92 Å². The quantitative estimate of drug-likeness (QED) is 0.104. The van der Waals surface area contributed by atoms with Gasteiger partial charge in [-0.1, -0.05) is 43.7 Å². The van der Waals surface area contributed by atoms with Crippen molar-refractivity contribution in [3.05, 3.63) is 54.6 Å². The van der Waals surface area contributed by atoms with Crippen molar-refractivity contribution in [3.8, 4) is 0 Å². The van der Waals surface area contributed by atoms with Crippen molar-refractivity contribution in [1.82, 2.24) is 4.57 Å². The lowest BCUT2D eigenvalue weighted by molar-refractivity contribution is -0.671. The van der Waals surface area contributed by atoms with Crippen LogP contribution in [0.25, 0.3) is 0 Å². The van der Waals surface area contributed by atoms with Crippen LogP contribution in [0.3, 0.4) is 0 Å². The molecule has 0 aliphatic heterocycles. The molecule has 2 rings (SSSR count). The second kappa shape index (κ2) is 11.7. The van der Waals surface area contributed by atoms with E-state index in [0.717, 1.165) is 12.5 Å². The lowest BCUT2D eigenvalue weighted by atomic mass is 10.2. The summed E-state index contributed by atoms with van der Waals surface area (Å²) >= 11 is 0. The molecule has 212 valence electrons. The van der Waals surface area contributed by atoms with Crippen molar-refractivity contribution in [3.63, 3.8) is 0 Å². The van der Waals surface area contributed by atoms with Crippen molar-refractivity contribution in [2.75, 3.05) is 6.61 Å². The topological polar surface area (TPSA) is 116 Å². The minimum absolute atomic E-state index is 0.0925. The Bertz CT molecular complexity index is 1320. The standard InChI is InChI=1S/C20H23F6N3O7S2/c1-3-4-12-35-18(30)16(28-11-10-27(2)14-28)17(36-13-15-8-6-5-7-9-15)29(37(31,32)19(21,22)23)38(33,34)20(24,25)26/h5-11,14,16H,3-4,12-13H2,1-2H3/q+2. The first-order valence-electron chi connectivity index (χ1n) is 10.6. The molecule has 10 nitrogen and oxygen atoms in total. The Labute approximate surface area is 213 Å². The number of hydrogen-bond acceptors (Lipinski definition) is 7. The van der Waals surface area contributed by atoms with Gasteiger partial charge in [-0.2, -0.15) is 43.2 Å². The van der Waals surface area contributed by atoms with Gasteiger partial charge in [-0.25, -0.2) is 13.9 Å². The van der Waals surface area contributed by atoms with Crippen LogP contribution in [0.1, 0.15) is 31.4 Å². The lowest BCUT2D eigenvalue weighted by Gasteiger charge is -2.17. The highest BCUT2D eigenvalue weighted by atomic mass is 32.3. The highest BCUT2D eigenvalue weighted by Crippen LogP contribution is 2.34. The number of nitrogens with zero attached hydrogens (tertiary/aromatic N) is 3. The van der Waals surface area contributed by atoms with Crippen molar-refractivity contribution in [1.29, 1.82) is 0 Å². The molecule has 0 amide bonds. The van der Waals surface area contributed by atoms with Gasteiger partial charge >= 0.3 is 49.0 Å². The molecule has 0 spiro atoms. The fourth-order valence-corrected chi connectivity index (χ4v) is 5.58. The van der Waals surface area contributed by atoms with Crippen LogP contribution in [-0.2, 0) is 48.0 Å². The van der Waals surface area contributed by atoms with Crippen LogP contribution >= 0.6 is 0 Å². The van der Waals surface area contributed by atoms with E-state index in [0.29, 0.717) is 11.0 Å². The van der Waals surface area contributed by atoms with Gasteiger partial charge in [0.1, 0.15) is 19.0 Å². The molecule has 1 aromatic carbocycles. The smallest absolute Gasteiger partial charge is 0.462 e. The largest absolute Gasteiger partial charge is 0.561 e. The summed E-state index contributed by atoms with van der Waals surface area (Å²) in [5.41, 5.74) is -13.0. The van der Waals surface area contributed by atoms with Crippen LogP contribution < -0.4 is 4.57 Å². The number of alkyl halides is 6. The first-order chi connectivity index (χ1) is 17.4. The first kappa shape index (κ1) is 31.1. The van der Waals surface area contributed by atoms with Gasteiger partial charge < -0.3 is 9.47 Å². The van der Waals surface area contributed by atoms with Gasteiger partial charge in [0.15, 0.2) is 0 Å². The van der Waals surface area contributed by atoms with E-state index in [2.05, 4.69) is 0 Å². The van der Waals surface area contributed by atoms with E-state index in [1.807, 2.05) is 0 Å². The molecule has 1 aromatic heterocycles. The summed E-state index contributed by atoms with van der Waals surface area (Å²) in [5, 5.41) is 0. The van der Waals surface area contributed by atoms with Crippen LogP contribution in [0.4, 0.5) is 26.3 Å². The van der Waals surface area contributed by atoms with Crippen molar-refractivity contribution in [2.24, 2.45) is 7.05 Å². The van der Waals surface area contributed by atoms with Gasteiger partial charge in [0.2, 0.25) is 6.33 Å². The number of imidazole rings is 1. The highest BCUT2D eigenvalue weighted by molar-refractivity contribution is 7.98. The van der Waals surface area contributed by atoms with Gasteiger partial charge in [0.05, 0.1) is 17.0 Å². The molecule has 1 heterocycles. The number of carbonyl (C=O) groups excluding carboxylic acids is 1. The number of rotatable bonds is 10. The summed E-state index contributed by atoms with van der Waals surface area (Å²) in [7, 11) is -13.3. The van der Waals surface area contributed by atoms with Crippen LogP contribution in [0.5, 0.6) is 0 Å². The van der Waals surface area contributed by atoms with Gasteiger partial charge in [0, 0.05) is 0 Å². The number of hydrogen-bond donors (Lipinski definition) is 0. The summed E-state index contributed by atoms with van der Waals surface area (Å²) in [6.07, 6.45) is 3.83. The van der Waals surface area contributed by atoms with Crippen molar-refractivity contribution in [2.45, 2.75) is 43.4 Å². The fourth-order valence-electron chi connectivity index (χ4n) is 2.89. The fraction of sp³-hybridized carbons (Fsp3) is 0.450. The Hall–Kier alpha value is -3.15. The molecule has 1 unspecified atom stereocenters. The molecule has 0 fully saturated rings. The third-order valence-corrected chi connectivity index (χ3v) is 8.30. The minimum Gasteiger partial charge on any atom is -0.462 e. The summed E-state index contributed by atoms with van der Waals surface area (Å²) in [6, 6.07) is 4.42. The molecule has 0 bridgehead atoms. The maximum absolute atomic E-state index is 13.6. The van der Waals surface area contributed by atoms with E-state index < -0.39 is 59.0 Å². The Morgan fingerprint density at radius 3 is 2.00 bits per heavy atom. The van der Waals surface area contributed by atoms with E-state index in [9.17, 15) is 48.0 Å². The zero-order valence-electron chi connectivity index (χ0n) is 19.8. The third kappa shape index (κ3) is 6.83. The molecule has 38 heavy (non-hydrogen) atoms. The number of aromatic nitrogens is 2. The molecule has 0 radical (unpaired) electrons. The molecular formula is C20H23F6N3O7S2+2. The number of benzene rings is 1. The van der Waals surface area contributed by atoms with Crippen molar-refractivity contribution < 1.29 is 65.4 Å². The number of sulfonamides is 2. The van der Waals surface area contributed by atoms with E-state index in [4.69, 9.17) is 9.47 Å². The van der Waals surface area contributed by atoms with Gasteiger partial charge in [0.25, 0.3) is 0 Å². The van der Waals surface area contributed by atoms with E-state index in [1.165, 1.54) is 48.1 Å². The van der Waals surface area contributed by atoms with Gasteiger partial charge in [-0.15, -0.1) is 0 Å². The average Bonchev–Trinajstić information content (AvgIpc) is 3.22. The monoisotopic (exact) mass is 595 g/mol. The van der Waals surface area contributed by atoms with Crippen LogP contribution in [0.15, 0.2) is 49.1 Å². The summed E-state index contributed by atoms with van der Waals surface area (Å²) in [5.74, 6) is -3.58. The minimum atomic E-state index is -7.35. The summed E-state index contributed by atoms with van der Waals surface area (Å²) < 4.78 is 141. The Morgan fingerprint density at radius 1 is 1.00 bits per heavy atom. The second-order valence-electron chi connectivity index (χ2n) is 7.66. The average molecular weight is 596 g/mol. The number of unbranched alkanes of at least 4 members (excludes halogenated alkanes) is 1. The summed E-state index contributed by atoms with van der Waals surface area (Å²) in [6.45, 7) is 0.411. The van der Waals surface area contributed by atoms with Crippen LogP contribution in [0.2, 0.25) is 0 Å². The maximum Gasteiger partial charge on any atom is 0.561 e. The Morgan fingerprint density at radius 2 is 1.55 bits per heavy atom. The number of esters is 1. The maximum atomic E-state index is 13.6. The number of aryl methyl sites for hydroxylation is 1. The molecular weight excluding hydrogens is 572 g/mol. The molecule has 0 aliphatic carbocycles. The zero-order chi connectivity index (χ0) is 28.9.